The molecule has 0 aliphatic carbocycles. The van der Waals surface area contributed by atoms with Gasteiger partial charge in [-0.05, 0) is 9.39 Å². The Labute approximate surface area is 163 Å². The summed E-state index contributed by atoms with van der Waals surface area (Å²) in [5, 5.41) is 7.28. The van der Waals surface area contributed by atoms with Crippen LogP contribution in [0.3, 0.4) is 0 Å². The fourth-order valence-electron chi connectivity index (χ4n) is 1.82. The standard InChI is InChI=1S/C13H23N6O5P3/c1-7(20)5-9(12(23)24-27-26)18-10(21)6-17-11(22)8(14)3-2-4-16-13(15)19-25/h8-9H,2-6,14,25H2,1H3,(H4-,15,16,17,18,19,21,22)/p+1/t8-,9-/m0/s1. The van der Waals surface area contributed by atoms with Crippen molar-refractivity contribution in [2.75, 3.05) is 13.1 Å². The van der Waals surface area contributed by atoms with Gasteiger partial charge in [0, 0.05) is 0 Å². The van der Waals surface area contributed by atoms with E-state index in [-0.39, 0.29) is 26.1 Å². The maximum absolute atomic E-state index is 11.9. The predicted molar refractivity (Wildman–Crippen MR) is 107 cm³/mol. The molecule has 150 valence electrons. The molecule has 14 heteroatoms. The van der Waals surface area contributed by atoms with Crippen LogP contribution in [0.15, 0.2) is 4.99 Å². The molecule has 0 aromatic rings. The normalized spacial score (nSPS) is 13.0. The van der Waals surface area contributed by atoms with Crippen molar-refractivity contribution in [2.24, 2.45) is 16.5 Å². The van der Waals surface area contributed by atoms with Crippen molar-refractivity contribution >= 4 is 55.2 Å². The van der Waals surface area contributed by atoms with E-state index in [0.717, 1.165) is 0 Å². The topological polar surface area (TPSA) is 178 Å². The first-order valence-corrected chi connectivity index (χ1v) is 10.4. The fraction of sp³-hybridized carbons (Fsp3) is 0.615. The minimum absolute atomic E-state index is 0.0450. The summed E-state index contributed by atoms with van der Waals surface area (Å²) in [6, 6.07) is -1.96. The van der Waals surface area contributed by atoms with Crippen LogP contribution in [0.5, 0.6) is 0 Å². The van der Waals surface area contributed by atoms with E-state index >= 15 is 0 Å². The second-order valence-corrected chi connectivity index (χ2v) is 6.52. The molecule has 0 heterocycles. The van der Waals surface area contributed by atoms with Crippen LogP contribution < -0.4 is 27.2 Å². The fourth-order valence-corrected chi connectivity index (χ4v) is 2.36. The Morgan fingerprint density at radius 3 is 2.56 bits per heavy atom. The number of guanidine groups is 1. The molecule has 11 nitrogen and oxygen atoms in total. The Hall–Kier alpha value is -1.40. The summed E-state index contributed by atoms with van der Waals surface area (Å²) in [6.07, 6.45) is 0.654. The van der Waals surface area contributed by atoms with Crippen LogP contribution in [0.4, 0.5) is 0 Å². The van der Waals surface area contributed by atoms with Gasteiger partial charge in [-0.25, -0.2) is 0 Å². The summed E-state index contributed by atoms with van der Waals surface area (Å²) in [6.45, 7) is 1.28. The van der Waals surface area contributed by atoms with Crippen molar-refractivity contribution in [3.8, 4) is 0 Å². The number of carbonyl (C=O) groups is 4. The molecule has 0 bridgehead atoms. The number of aliphatic imine (C=N–C) groups is 1. The Morgan fingerprint density at radius 2 is 2.00 bits per heavy atom. The molecule has 0 radical (unpaired) electrons. The Balaban J connectivity index is 4.36. The van der Waals surface area contributed by atoms with Gasteiger partial charge in [-0.15, -0.1) is 0 Å². The number of nitrogens with one attached hydrogen (secondary N) is 3. The number of rotatable bonds is 11. The van der Waals surface area contributed by atoms with Crippen molar-refractivity contribution < 1.29 is 23.7 Å². The number of hydrogen-bond donors (Lipinski definition) is 5. The molecular weight excluding hydrogens is 413 g/mol. The van der Waals surface area contributed by atoms with E-state index < -0.39 is 36.4 Å². The van der Waals surface area contributed by atoms with Gasteiger partial charge in [-0.2, -0.15) is 0 Å². The zero-order chi connectivity index (χ0) is 20.8. The quantitative estimate of drug-likeness (QED) is 0.119. The average molecular weight is 437 g/mol. The van der Waals surface area contributed by atoms with Crippen LogP contribution in [0.2, 0.25) is 0 Å². The van der Waals surface area contributed by atoms with E-state index in [4.69, 9.17) is 11.5 Å². The minimum atomic E-state index is -1.14. The molecule has 0 aromatic heterocycles. The van der Waals surface area contributed by atoms with Gasteiger partial charge in [0.25, 0.3) is 0 Å². The van der Waals surface area contributed by atoms with E-state index in [1.165, 1.54) is 6.92 Å². The molecule has 0 spiro atoms. The summed E-state index contributed by atoms with van der Waals surface area (Å²) < 4.78 is 4.65. The summed E-state index contributed by atoms with van der Waals surface area (Å²) in [4.78, 5) is 50.6. The summed E-state index contributed by atoms with van der Waals surface area (Å²) >= 11 is 0. The average Bonchev–Trinajstić information content (AvgIpc) is 2.61. The van der Waals surface area contributed by atoms with Gasteiger partial charge in [0.15, 0.2) is 5.96 Å². The number of hydrogen-bond acceptors (Lipinski definition) is 7. The zero-order valence-corrected chi connectivity index (χ0v) is 17.7. The molecular formula is C13H24N6O5P3+. The van der Waals surface area contributed by atoms with E-state index in [9.17, 15) is 19.2 Å². The summed E-state index contributed by atoms with van der Waals surface area (Å²) in [5.74, 6) is -2.02. The van der Waals surface area contributed by atoms with Crippen LogP contribution in [-0.2, 0) is 23.7 Å². The molecule has 0 aliphatic heterocycles. The SMILES string of the molecule is CC(=O)C[C@H](NC(=O)CNC(=O)[C@@H](N)CCCN=C(N)NP)C(=O)O[P+]#P. The van der Waals surface area contributed by atoms with Gasteiger partial charge in [-0.1, -0.05) is 0 Å². The number of amides is 2. The van der Waals surface area contributed by atoms with Gasteiger partial charge in [0.1, 0.15) is 0 Å². The predicted octanol–water partition coefficient (Wildman–Crippen LogP) is -0.902. The third-order valence-corrected chi connectivity index (χ3v) is 3.91. The maximum atomic E-state index is 11.9. The summed E-state index contributed by atoms with van der Waals surface area (Å²) in [7, 11) is 5.97. The number of carbonyl (C=O) groups excluding carboxylic acids is 4. The van der Waals surface area contributed by atoms with Crippen molar-refractivity contribution in [3.63, 3.8) is 0 Å². The molecule has 7 N–H and O–H groups in total. The zero-order valence-electron chi connectivity index (χ0n) is 14.8. The molecule has 0 saturated carbocycles. The van der Waals surface area contributed by atoms with Crippen LogP contribution >= 0.6 is 25.6 Å². The third kappa shape index (κ3) is 12.6. The second kappa shape index (κ2) is 14.6. The molecule has 2 amide bonds. The van der Waals surface area contributed by atoms with Crippen molar-refractivity contribution in [1.29, 1.82) is 0 Å². The van der Waals surface area contributed by atoms with Crippen molar-refractivity contribution in [2.45, 2.75) is 38.3 Å². The first-order valence-electron chi connectivity index (χ1n) is 7.85. The summed E-state index contributed by atoms with van der Waals surface area (Å²) in [5.41, 5.74) is 11.2. The van der Waals surface area contributed by atoms with Gasteiger partial charge in [0.2, 0.25) is 0 Å². The van der Waals surface area contributed by atoms with Crippen molar-refractivity contribution in [3.05, 3.63) is 0 Å². The number of nitrogens with zero attached hydrogens (tertiary/aromatic N) is 1. The number of ketones is 1. The van der Waals surface area contributed by atoms with Crippen LogP contribution in [0.1, 0.15) is 26.2 Å². The van der Waals surface area contributed by atoms with E-state index in [1.807, 2.05) is 0 Å². The van der Waals surface area contributed by atoms with Gasteiger partial charge < -0.3 is 10.8 Å². The van der Waals surface area contributed by atoms with E-state index in [1.54, 1.807) is 0 Å². The Bertz CT molecular complexity index is 624. The Morgan fingerprint density at radius 1 is 1.33 bits per heavy atom. The van der Waals surface area contributed by atoms with Gasteiger partial charge in [0.05, 0.1) is 0 Å². The number of Topliss-reactive ketones (excluding diaryl/α,β-unsaturated/α-hetero) is 1. The molecule has 0 aromatic carbocycles. The first-order chi connectivity index (χ1) is 12.7. The van der Waals surface area contributed by atoms with Crippen molar-refractivity contribution in [1.82, 2.24) is 15.7 Å². The van der Waals surface area contributed by atoms with E-state index in [0.29, 0.717) is 19.4 Å². The Kier molecular flexibility index (Phi) is 13.9. The molecule has 0 saturated heterocycles. The van der Waals surface area contributed by atoms with Gasteiger partial charge >= 0.3 is 131 Å². The molecule has 0 fully saturated rings. The third-order valence-electron chi connectivity index (χ3n) is 3.11. The first kappa shape index (κ1) is 25.6. The molecule has 0 rings (SSSR count). The van der Waals surface area contributed by atoms with Crippen LogP contribution in [-0.4, -0.2) is 54.7 Å². The number of nitrogens with two attached hydrogens (primary N) is 2. The molecule has 1 unspecified atom stereocenters. The van der Waals surface area contributed by atoms with E-state index in [2.05, 4.69) is 43.0 Å². The van der Waals surface area contributed by atoms with Gasteiger partial charge in [-0.3, -0.25) is 4.99 Å². The second-order valence-electron chi connectivity index (χ2n) is 5.40. The van der Waals surface area contributed by atoms with Crippen LogP contribution in [0, 0.1) is 0 Å². The monoisotopic (exact) mass is 437 g/mol. The molecule has 27 heavy (non-hydrogen) atoms. The van der Waals surface area contributed by atoms with Crippen LogP contribution in [0.25, 0.3) is 0 Å². The molecule has 0 aliphatic rings. The molecule has 3 atom stereocenters.